The van der Waals surface area contributed by atoms with E-state index in [4.69, 9.17) is 9.84 Å². The molecule has 0 aliphatic carbocycles. The summed E-state index contributed by atoms with van der Waals surface area (Å²) in [4.78, 5) is 10.1. The second kappa shape index (κ2) is 5.38. The van der Waals surface area contributed by atoms with Gasteiger partial charge in [0.05, 0.1) is 12.7 Å². The second-order valence-electron chi connectivity index (χ2n) is 2.19. The maximum absolute atomic E-state index is 10.1. The first kappa shape index (κ1) is 9.59. The van der Waals surface area contributed by atoms with E-state index in [-0.39, 0.29) is 12.7 Å². The average Bonchev–Trinajstić information content (AvgIpc) is 1.99. The Bertz CT molecular complexity index is 88.9. The van der Waals surface area contributed by atoms with Gasteiger partial charge < -0.3 is 14.6 Å². The highest BCUT2D eigenvalue weighted by atomic mass is 16.5. The molecule has 0 aromatic carbocycles. The van der Waals surface area contributed by atoms with Crippen LogP contribution in [0.15, 0.2) is 0 Å². The lowest BCUT2D eigenvalue weighted by Crippen LogP contribution is -2.23. The van der Waals surface area contributed by atoms with Crippen molar-refractivity contribution in [1.82, 2.24) is 0 Å². The van der Waals surface area contributed by atoms with Gasteiger partial charge in [0.25, 0.3) is 0 Å². The van der Waals surface area contributed by atoms with Crippen molar-refractivity contribution in [3.05, 3.63) is 0 Å². The number of aliphatic hydroxyl groups excluding tert-OH is 1. The molecule has 2 atom stereocenters. The SMILES string of the molecule is CCC(CO)O[C@H](C)C=O. The Morgan fingerprint density at radius 2 is 2.30 bits per heavy atom. The monoisotopic (exact) mass is 146 g/mol. The molecule has 3 nitrogen and oxygen atoms in total. The Morgan fingerprint density at radius 3 is 2.60 bits per heavy atom. The molecule has 0 aromatic rings. The van der Waals surface area contributed by atoms with Crippen LogP contribution in [0.1, 0.15) is 20.3 Å². The maximum atomic E-state index is 10.1. The molecule has 0 rings (SSSR count). The zero-order chi connectivity index (χ0) is 7.98. The zero-order valence-electron chi connectivity index (χ0n) is 6.41. The van der Waals surface area contributed by atoms with E-state index >= 15 is 0 Å². The van der Waals surface area contributed by atoms with Gasteiger partial charge in [-0.2, -0.15) is 0 Å². The van der Waals surface area contributed by atoms with Crippen molar-refractivity contribution in [2.24, 2.45) is 0 Å². The number of carbonyl (C=O) groups excluding carboxylic acids is 1. The molecule has 0 aliphatic heterocycles. The lowest BCUT2D eigenvalue weighted by molar-refractivity contribution is -0.122. The van der Waals surface area contributed by atoms with Crippen LogP contribution in [0.25, 0.3) is 0 Å². The van der Waals surface area contributed by atoms with Gasteiger partial charge >= 0.3 is 0 Å². The van der Waals surface area contributed by atoms with Gasteiger partial charge in [0.2, 0.25) is 0 Å². The van der Waals surface area contributed by atoms with Crippen molar-refractivity contribution in [1.29, 1.82) is 0 Å². The number of ether oxygens (including phenoxy) is 1. The predicted octanol–water partition coefficient (Wildman–Crippen LogP) is 0.361. The van der Waals surface area contributed by atoms with Crippen LogP contribution in [0.5, 0.6) is 0 Å². The van der Waals surface area contributed by atoms with Crippen molar-refractivity contribution in [2.75, 3.05) is 6.61 Å². The highest BCUT2D eigenvalue weighted by Crippen LogP contribution is 1.99. The summed E-state index contributed by atoms with van der Waals surface area (Å²) in [5.41, 5.74) is 0. The summed E-state index contributed by atoms with van der Waals surface area (Å²) < 4.78 is 5.08. The number of carbonyl (C=O) groups is 1. The molecule has 10 heavy (non-hydrogen) atoms. The average molecular weight is 146 g/mol. The molecular weight excluding hydrogens is 132 g/mol. The van der Waals surface area contributed by atoms with Crippen molar-refractivity contribution < 1.29 is 14.6 Å². The first-order chi connectivity index (χ1) is 4.74. The van der Waals surface area contributed by atoms with Gasteiger partial charge in [0.15, 0.2) is 0 Å². The normalized spacial score (nSPS) is 16.3. The molecule has 0 fully saturated rings. The van der Waals surface area contributed by atoms with E-state index in [0.29, 0.717) is 0 Å². The molecule has 1 unspecified atom stereocenters. The van der Waals surface area contributed by atoms with E-state index < -0.39 is 6.10 Å². The Morgan fingerprint density at radius 1 is 1.70 bits per heavy atom. The van der Waals surface area contributed by atoms with Gasteiger partial charge in [-0.15, -0.1) is 0 Å². The van der Waals surface area contributed by atoms with Crippen LogP contribution in [0.3, 0.4) is 0 Å². The highest BCUT2D eigenvalue weighted by Gasteiger charge is 2.08. The molecule has 0 saturated heterocycles. The van der Waals surface area contributed by atoms with Crippen LogP contribution in [0.4, 0.5) is 0 Å². The topological polar surface area (TPSA) is 46.5 Å². The largest absolute Gasteiger partial charge is 0.394 e. The van der Waals surface area contributed by atoms with Crippen LogP contribution in [-0.2, 0) is 9.53 Å². The summed E-state index contributed by atoms with van der Waals surface area (Å²) in [5, 5.41) is 8.63. The number of aliphatic hydroxyl groups is 1. The first-order valence-electron chi connectivity index (χ1n) is 3.46. The summed E-state index contributed by atoms with van der Waals surface area (Å²) in [7, 11) is 0. The highest BCUT2D eigenvalue weighted by molar-refractivity contribution is 5.55. The summed E-state index contributed by atoms with van der Waals surface area (Å²) in [5.74, 6) is 0. The van der Waals surface area contributed by atoms with Crippen LogP contribution in [-0.4, -0.2) is 30.2 Å². The lowest BCUT2D eigenvalue weighted by atomic mass is 10.3. The number of hydrogen-bond donors (Lipinski definition) is 1. The van der Waals surface area contributed by atoms with Gasteiger partial charge in [-0.05, 0) is 13.3 Å². The molecule has 0 spiro atoms. The third-order valence-electron chi connectivity index (χ3n) is 1.26. The molecule has 0 aromatic heterocycles. The second-order valence-corrected chi connectivity index (χ2v) is 2.19. The maximum Gasteiger partial charge on any atom is 0.148 e. The fraction of sp³-hybridized carbons (Fsp3) is 0.857. The number of hydrogen-bond acceptors (Lipinski definition) is 3. The summed E-state index contributed by atoms with van der Waals surface area (Å²) >= 11 is 0. The summed E-state index contributed by atoms with van der Waals surface area (Å²) in [6.45, 7) is 3.54. The fourth-order valence-electron chi connectivity index (χ4n) is 0.604. The molecule has 0 aliphatic rings. The van der Waals surface area contributed by atoms with E-state index in [2.05, 4.69) is 0 Å². The van der Waals surface area contributed by atoms with Crippen molar-refractivity contribution in [3.63, 3.8) is 0 Å². The Labute approximate surface area is 61.0 Å². The van der Waals surface area contributed by atoms with E-state index in [1.165, 1.54) is 0 Å². The Balaban J connectivity index is 3.51. The molecule has 0 saturated carbocycles. The molecule has 0 heterocycles. The first-order valence-corrected chi connectivity index (χ1v) is 3.46. The smallest absolute Gasteiger partial charge is 0.148 e. The molecule has 3 heteroatoms. The van der Waals surface area contributed by atoms with Crippen molar-refractivity contribution in [3.8, 4) is 0 Å². The zero-order valence-corrected chi connectivity index (χ0v) is 6.41. The molecule has 1 N–H and O–H groups in total. The third kappa shape index (κ3) is 3.58. The van der Waals surface area contributed by atoms with Gasteiger partial charge in [-0.25, -0.2) is 0 Å². The Hall–Kier alpha value is -0.410. The van der Waals surface area contributed by atoms with E-state index in [1.54, 1.807) is 6.92 Å². The quantitative estimate of drug-likeness (QED) is 0.570. The van der Waals surface area contributed by atoms with E-state index in [1.807, 2.05) is 6.92 Å². The predicted molar refractivity (Wildman–Crippen MR) is 37.8 cm³/mol. The van der Waals surface area contributed by atoms with Gasteiger partial charge in [-0.1, -0.05) is 6.92 Å². The minimum atomic E-state index is -0.405. The number of aldehydes is 1. The standard InChI is InChI=1S/C7H14O3/c1-3-7(5-9)10-6(2)4-8/h4,6-7,9H,3,5H2,1-2H3/t6-,7?/m1/s1. The summed E-state index contributed by atoms with van der Waals surface area (Å²) in [6.07, 6.45) is 0.852. The molecule has 0 amide bonds. The minimum absolute atomic E-state index is 0.0192. The van der Waals surface area contributed by atoms with Crippen molar-refractivity contribution in [2.45, 2.75) is 32.5 Å². The third-order valence-corrected chi connectivity index (χ3v) is 1.26. The molecule has 0 radical (unpaired) electrons. The summed E-state index contributed by atoms with van der Waals surface area (Å²) in [6, 6.07) is 0. The van der Waals surface area contributed by atoms with E-state index in [0.717, 1.165) is 12.7 Å². The van der Waals surface area contributed by atoms with E-state index in [9.17, 15) is 4.79 Å². The number of rotatable bonds is 5. The van der Waals surface area contributed by atoms with Crippen LogP contribution in [0.2, 0.25) is 0 Å². The van der Waals surface area contributed by atoms with Crippen LogP contribution in [0, 0.1) is 0 Å². The van der Waals surface area contributed by atoms with Crippen LogP contribution >= 0.6 is 0 Å². The molecule has 0 bridgehead atoms. The molecular formula is C7H14O3. The van der Waals surface area contributed by atoms with Gasteiger partial charge in [0, 0.05) is 0 Å². The Kier molecular flexibility index (Phi) is 5.16. The fourth-order valence-corrected chi connectivity index (χ4v) is 0.604. The van der Waals surface area contributed by atoms with Gasteiger partial charge in [0.1, 0.15) is 12.4 Å². The minimum Gasteiger partial charge on any atom is -0.394 e. The lowest BCUT2D eigenvalue weighted by Gasteiger charge is -2.14. The van der Waals surface area contributed by atoms with Crippen molar-refractivity contribution >= 4 is 6.29 Å². The molecule has 60 valence electrons. The van der Waals surface area contributed by atoms with Crippen LogP contribution < -0.4 is 0 Å². The van der Waals surface area contributed by atoms with Gasteiger partial charge in [-0.3, -0.25) is 0 Å².